The largest absolute Gasteiger partial charge is 0.494 e. The molecule has 1 aromatic carbocycles. The van der Waals surface area contributed by atoms with E-state index in [2.05, 4.69) is 29.4 Å². The lowest BCUT2D eigenvalue weighted by molar-refractivity contribution is 0.340. The van der Waals surface area contributed by atoms with Crippen molar-refractivity contribution in [1.82, 2.24) is 10.3 Å². The number of rotatable bonds is 2. The Balaban J connectivity index is 2.17. The summed E-state index contributed by atoms with van der Waals surface area (Å²) in [6, 6.07) is 6.31. The maximum Gasteiger partial charge on any atom is 0.120 e. The average Bonchev–Trinajstić information content (AvgIpc) is 2.68. The Morgan fingerprint density at radius 3 is 3.12 bits per heavy atom. The molecule has 1 unspecified atom stereocenters. The second kappa shape index (κ2) is 4.08. The predicted octanol–water partition coefficient (Wildman–Crippen LogP) is 2.77. The number of aromatic amines is 1. The topological polar surface area (TPSA) is 37.0 Å². The number of hydrogen-bond acceptors (Lipinski definition) is 2. The highest BCUT2D eigenvalue weighted by molar-refractivity contribution is 5.86. The number of ether oxygens (including phenoxy) is 1. The monoisotopic (exact) mass is 230 g/mol. The van der Waals surface area contributed by atoms with Gasteiger partial charge in [-0.3, -0.25) is 0 Å². The van der Waals surface area contributed by atoms with Gasteiger partial charge in [-0.2, -0.15) is 0 Å². The van der Waals surface area contributed by atoms with Crippen LogP contribution in [0, 0.1) is 0 Å². The van der Waals surface area contributed by atoms with Crippen LogP contribution in [0.4, 0.5) is 0 Å². The zero-order chi connectivity index (χ0) is 11.8. The molecule has 0 aliphatic carbocycles. The number of benzene rings is 1. The third-order valence-electron chi connectivity index (χ3n) is 3.45. The summed E-state index contributed by atoms with van der Waals surface area (Å²) < 4.78 is 5.58. The molecule has 2 heterocycles. The van der Waals surface area contributed by atoms with Gasteiger partial charge in [0.25, 0.3) is 0 Å². The zero-order valence-electron chi connectivity index (χ0n) is 10.3. The lowest BCUT2D eigenvalue weighted by atomic mass is 9.95. The van der Waals surface area contributed by atoms with E-state index in [1.165, 1.54) is 22.2 Å². The standard InChI is InChI=1S/C14H18N2O/c1-3-17-10-4-5-12-11(6-10)14-9(2)7-15-8-13(14)16-12/h4-6,9,15-16H,3,7-8H2,1-2H3. The molecule has 2 aromatic rings. The summed E-state index contributed by atoms with van der Waals surface area (Å²) in [4.78, 5) is 3.50. The van der Waals surface area contributed by atoms with E-state index in [9.17, 15) is 0 Å². The maximum atomic E-state index is 5.58. The first kappa shape index (κ1) is 10.7. The maximum absolute atomic E-state index is 5.58. The van der Waals surface area contributed by atoms with Crippen molar-refractivity contribution < 1.29 is 4.74 Å². The van der Waals surface area contributed by atoms with Crippen molar-refractivity contribution in [1.29, 1.82) is 0 Å². The predicted molar refractivity (Wildman–Crippen MR) is 69.6 cm³/mol. The summed E-state index contributed by atoms with van der Waals surface area (Å²) in [6.45, 7) is 7.00. The lowest BCUT2D eigenvalue weighted by Crippen LogP contribution is -2.26. The minimum absolute atomic E-state index is 0.560. The fraction of sp³-hybridized carbons (Fsp3) is 0.429. The average molecular weight is 230 g/mol. The lowest BCUT2D eigenvalue weighted by Gasteiger charge is -2.20. The number of fused-ring (bicyclic) bond motifs is 3. The van der Waals surface area contributed by atoms with Gasteiger partial charge in [0.05, 0.1) is 6.61 Å². The molecule has 1 aromatic heterocycles. The first-order chi connectivity index (χ1) is 8.29. The van der Waals surface area contributed by atoms with Crippen LogP contribution in [-0.4, -0.2) is 18.1 Å². The van der Waals surface area contributed by atoms with Crippen molar-refractivity contribution in [2.75, 3.05) is 13.2 Å². The molecule has 3 nitrogen and oxygen atoms in total. The van der Waals surface area contributed by atoms with Crippen LogP contribution in [0.25, 0.3) is 10.9 Å². The minimum Gasteiger partial charge on any atom is -0.494 e. The van der Waals surface area contributed by atoms with Gasteiger partial charge in [-0.15, -0.1) is 0 Å². The Hall–Kier alpha value is -1.48. The van der Waals surface area contributed by atoms with Crippen molar-refractivity contribution in [2.45, 2.75) is 26.3 Å². The van der Waals surface area contributed by atoms with Gasteiger partial charge in [-0.25, -0.2) is 0 Å². The number of nitrogens with one attached hydrogen (secondary N) is 2. The molecule has 0 amide bonds. The molecule has 90 valence electrons. The molecule has 0 saturated heterocycles. The van der Waals surface area contributed by atoms with Crippen molar-refractivity contribution in [2.24, 2.45) is 0 Å². The summed E-state index contributed by atoms with van der Waals surface area (Å²) in [5.74, 6) is 1.52. The van der Waals surface area contributed by atoms with Crippen LogP contribution in [0.5, 0.6) is 5.75 Å². The molecule has 1 aliphatic rings. The van der Waals surface area contributed by atoms with E-state index in [1.54, 1.807) is 0 Å². The minimum atomic E-state index is 0.560. The van der Waals surface area contributed by atoms with Gasteiger partial charge in [0, 0.05) is 29.7 Å². The first-order valence-corrected chi connectivity index (χ1v) is 6.27. The number of aromatic nitrogens is 1. The number of hydrogen-bond donors (Lipinski definition) is 2. The third kappa shape index (κ3) is 1.71. The highest BCUT2D eigenvalue weighted by Gasteiger charge is 2.21. The quantitative estimate of drug-likeness (QED) is 0.832. The molecule has 17 heavy (non-hydrogen) atoms. The van der Waals surface area contributed by atoms with Gasteiger partial charge < -0.3 is 15.0 Å². The van der Waals surface area contributed by atoms with Gasteiger partial charge in [-0.05, 0) is 36.6 Å². The Kier molecular flexibility index (Phi) is 2.56. The zero-order valence-corrected chi connectivity index (χ0v) is 10.3. The smallest absolute Gasteiger partial charge is 0.120 e. The second-order valence-electron chi connectivity index (χ2n) is 4.69. The van der Waals surface area contributed by atoms with Gasteiger partial charge in [-0.1, -0.05) is 6.92 Å². The SMILES string of the molecule is CCOc1ccc2[nH]c3c(c2c1)C(C)CNC3. The fourth-order valence-corrected chi connectivity index (χ4v) is 2.72. The van der Waals surface area contributed by atoms with Crippen LogP contribution in [0.3, 0.4) is 0 Å². The summed E-state index contributed by atoms with van der Waals surface area (Å²) in [7, 11) is 0. The Morgan fingerprint density at radius 1 is 1.41 bits per heavy atom. The molecular formula is C14H18N2O. The van der Waals surface area contributed by atoms with Crippen LogP contribution in [0.2, 0.25) is 0 Å². The molecule has 1 atom stereocenters. The summed E-state index contributed by atoms with van der Waals surface area (Å²) in [5.41, 5.74) is 4.00. The van der Waals surface area contributed by atoms with E-state index in [0.29, 0.717) is 5.92 Å². The van der Waals surface area contributed by atoms with Crippen LogP contribution < -0.4 is 10.1 Å². The molecule has 0 fully saturated rings. The Bertz CT molecular complexity index is 544. The normalized spacial score (nSPS) is 19.3. The molecule has 3 rings (SSSR count). The van der Waals surface area contributed by atoms with E-state index in [1.807, 2.05) is 13.0 Å². The van der Waals surface area contributed by atoms with Crippen LogP contribution in [0.15, 0.2) is 18.2 Å². The summed E-state index contributed by atoms with van der Waals surface area (Å²) >= 11 is 0. The van der Waals surface area contributed by atoms with Crippen LogP contribution >= 0.6 is 0 Å². The third-order valence-corrected chi connectivity index (χ3v) is 3.45. The first-order valence-electron chi connectivity index (χ1n) is 6.27. The van der Waals surface area contributed by atoms with Crippen molar-refractivity contribution in [3.05, 3.63) is 29.5 Å². The Labute approximate surface area is 101 Å². The molecule has 0 saturated carbocycles. The molecule has 0 bridgehead atoms. The highest BCUT2D eigenvalue weighted by atomic mass is 16.5. The molecule has 3 heteroatoms. The molecule has 0 spiro atoms. The van der Waals surface area contributed by atoms with Crippen LogP contribution in [-0.2, 0) is 6.54 Å². The van der Waals surface area contributed by atoms with Gasteiger partial charge in [0.2, 0.25) is 0 Å². The van der Waals surface area contributed by atoms with Crippen molar-refractivity contribution in [3.8, 4) is 5.75 Å². The fourth-order valence-electron chi connectivity index (χ4n) is 2.72. The van der Waals surface area contributed by atoms with Gasteiger partial charge >= 0.3 is 0 Å². The van der Waals surface area contributed by atoms with E-state index in [-0.39, 0.29) is 0 Å². The van der Waals surface area contributed by atoms with Gasteiger partial charge in [0.15, 0.2) is 0 Å². The Morgan fingerprint density at radius 2 is 2.29 bits per heavy atom. The van der Waals surface area contributed by atoms with E-state index >= 15 is 0 Å². The van der Waals surface area contributed by atoms with E-state index in [4.69, 9.17) is 4.74 Å². The second-order valence-corrected chi connectivity index (χ2v) is 4.69. The summed E-state index contributed by atoms with van der Waals surface area (Å²) in [6.07, 6.45) is 0. The highest BCUT2D eigenvalue weighted by Crippen LogP contribution is 2.33. The molecule has 1 aliphatic heterocycles. The van der Waals surface area contributed by atoms with Crippen molar-refractivity contribution >= 4 is 10.9 Å². The van der Waals surface area contributed by atoms with Gasteiger partial charge in [0.1, 0.15) is 5.75 Å². The molecule has 0 radical (unpaired) electrons. The van der Waals surface area contributed by atoms with E-state index in [0.717, 1.165) is 25.4 Å². The molecular weight excluding hydrogens is 212 g/mol. The van der Waals surface area contributed by atoms with E-state index < -0.39 is 0 Å². The molecule has 2 N–H and O–H groups in total. The van der Waals surface area contributed by atoms with Crippen molar-refractivity contribution in [3.63, 3.8) is 0 Å². The number of H-pyrrole nitrogens is 1. The van der Waals surface area contributed by atoms with Crippen LogP contribution in [0.1, 0.15) is 31.0 Å². The summed E-state index contributed by atoms with van der Waals surface area (Å²) in [5, 5.41) is 4.75.